The Morgan fingerprint density at radius 2 is 2.00 bits per heavy atom. The van der Waals surface area contributed by atoms with Crippen LogP contribution in [-0.2, 0) is 13.0 Å². The van der Waals surface area contributed by atoms with Crippen LogP contribution in [0.4, 0.5) is 0 Å². The molecule has 1 unspecified atom stereocenters. The second kappa shape index (κ2) is 6.01. The highest BCUT2D eigenvalue weighted by Crippen LogP contribution is 2.26. The number of hydrogen-bond donors (Lipinski definition) is 1. The first-order valence-corrected chi connectivity index (χ1v) is 7.62. The lowest BCUT2D eigenvalue weighted by Gasteiger charge is -2.34. The third-order valence-corrected chi connectivity index (χ3v) is 4.47. The van der Waals surface area contributed by atoms with Gasteiger partial charge in [-0.15, -0.1) is 10.2 Å². The summed E-state index contributed by atoms with van der Waals surface area (Å²) in [5, 5.41) is 11.8. The molecule has 5 heteroatoms. The lowest BCUT2D eigenvalue weighted by atomic mass is 9.88. The third kappa shape index (κ3) is 3.15. The van der Waals surface area contributed by atoms with Crippen molar-refractivity contribution in [3.63, 3.8) is 0 Å². The van der Waals surface area contributed by atoms with E-state index in [1.54, 1.807) is 0 Å². The average Bonchev–Trinajstić information content (AvgIpc) is 3.10. The van der Waals surface area contributed by atoms with Crippen LogP contribution < -0.4 is 5.32 Å². The minimum absolute atomic E-state index is 0.750. The van der Waals surface area contributed by atoms with Crippen molar-refractivity contribution in [2.45, 2.75) is 51.6 Å². The van der Waals surface area contributed by atoms with E-state index in [2.05, 4.69) is 20.4 Å². The molecular weight excluding hydrogens is 240 g/mol. The Labute approximate surface area is 114 Å². The van der Waals surface area contributed by atoms with E-state index in [9.17, 15) is 0 Å². The van der Waals surface area contributed by atoms with E-state index in [-0.39, 0.29) is 0 Å². The van der Waals surface area contributed by atoms with E-state index >= 15 is 0 Å². The molecule has 2 fully saturated rings. The summed E-state index contributed by atoms with van der Waals surface area (Å²) < 4.78 is 5.59. The highest BCUT2D eigenvalue weighted by atomic mass is 16.4. The molecule has 0 aromatic carbocycles. The first-order valence-electron chi connectivity index (χ1n) is 7.62. The molecule has 0 bridgehead atoms. The zero-order valence-corrected chi connectivity index (χ0v) is 11.8. The van der Waals surface area contributed by atoms with E-state index in [0.29, 0.717) is 0 Å². The number of likely N-dealkylation sites (tertiary alicyclic amines) is 1. The topological polar surface area (TPSA) is 54.2 Å². The fourth-order valence-corrected chi connectivity index (χ4v) is 3.31. The quantitative estimate of drug-likeness (QED) is 0.895. The Morgan fingerprint density at radius 3 is 2.63 bits per heavy atom. The number of piperidine rings is 1. The van der Waals surface area contributed by atoms with E-state index < -0.39 is 0 Å². The molecule has 5 nitrogen and oxygen atoms in total. The van der Waals surface area contributed by atoms with Gasteiger partial charge in [-0.2, -0.15) is 0 Å². The van der Waals surface area contributed by atoms with Gasteiger partial charge in [0.05, 0.1) is 6.54 Å². The van der Waals surface area contributed by atoms with Crippen molar-refractivity contribution in [2.75, 3.05) is 19.6 Å². The zero-order valence-electron chi connectivity index (χ0n) is 11.8. The lowest BCUT2D eigenvalue weighted by molar-refractivity contribution is 0.146. The molecule has 0 amide bonds. The van der Waals surface area contributed by atoms with Gasteiger partial charge in [-0.1, -0.05) is 6.92 Å². The van der Waals surface area contributed by atoms with Crippen LogP contribution in [0.5, 0.6) is 0 Å². The molecule has 3 rings (SSSR count). The number of nitrogens with zero attached hydrogens (tertiary/aromatic N) is 3. The molecule has 0 spiro atoms. The van der Waals surface area contributed by atoms with Gasteiger partial charge in [0, 0.05) is 12.5 Å². The van der Waals surface area contributed by atoms with E-state index in [4.69, 9.17) is 4.42 Å². The molecular formula is C14H24N4O. The van der Waals surface area contributed by atoms with Crippen molar-refractivity contribution in [1.82, 2.24) is 20.4 Å². The lowest BCUT2D eigenvalue weighted by Crippen LogP contribution is -2.40. The maximum Gasteiger partial charge on any atom is 0.230 e. The van der Waals surface area contributed by atoms with Crippen LogP contribution >= 0.6 is 0 Å². The van der Waals surface area contributed by atoms with E-state index in [1.165, 1.54) is 32.2 Å². The third-order valence-electron chi connectivity index (χ3n) is 4.47. The molecule has 1 N–H and O–H groups in total. The summed E-state index contributed by atoms with van der Waals surface area (Å²) in [6, 6.07) is 0.775. The average molecular weight is 264 g/mol. The number of hydrogen-bond acceptors (Lipinski definition) is 5. The Hall–Kier alpha value is -0.940. The first kappa shape index (κ1) is 13.1. The largest absolute Gasteiger partial charge is 0.424 e. The second-order valence-corrected chi connectivity index (χ2v) is 5.76. The van der Waals surface area contributed by atoms with Crippen LogP contribution in [0, 0.1) is 5.92 Å². The smallest absolute Gasteiger partial charge is 0.230 e. The van der Waals surface area contributed by atoms with Gasteiger partial charge in [0.2, 0.25) is 11.8 Å². The molecule has 1 aromatic heterocycles. The maximum absolute atomic E-state index is 5.59. The van der Waals surface area contributed by atoms with Crippen molar-refractivity contribution < 1.29 is 4.42 Å². The second-order valence-electron chi connectivity index (χ2n) is 5.76. The molecule has 1 aromatic rings. The monoisotopic (exact) mass is 264 g/mol. The summed E-state index contributed by atoms with van der Waals surface area (Å²) in [5.74, 6) is 2.39. The summed E-state index contributed by atoms with van der Waals surface area (Å²) >= 11 is 0. The predicted molar refractivity (Wildman–Crippen MR) is 72.7 cm³/mol. The van der Waals surface area contributed by atoms with Crippen molar-refractivity contribution in [3.8, 4) is 0 Å². The van der Waals surface area contributed by atoms with Crippen molar-refractivity contribution >= 4 is 0 Å². The SMILES string of the molecule is CCc1nnc(CN2CCC(C3CCCN3)CC2)o1. The zero-order chi connectivity index (χ0) is 13.1. The molecule has 19 heavy (non-hydrogen) atoms. The summed E-state index contributed by atoms with van der Waals surface area (Å²) in [6.07, 6.45) is 6.14. The Balaban J connectivity index is 1.47. The van der Waals surface area contributed by atoms with Gasteiger partial charge in [0.15, 0.2) is 0 Å². The van der Waals surface area contributed by atoms with Gasteiger partial charge in [-0.3, -0.25) is 4.90 Å². The Morgan fingerprint density at radius 1 is 1.21 bits per heavy atom. The van der Waals surface area contributed by atoms with Crippen molar-refractivity contribution in [2.24, 2.45) is 5.92 Å². The molecule has 1 atom stereocenters. The van der Waals surface area contributed by atoms with Crippen LogP contribution in [0.1, 0.15) is 44.4 Å². The fourth-order valence-electron chi connectivity index (χ4n) is 3.31. The van der Waals surface area contributed by atoms with Gasteiger partial charge in [-0.05, 0) is 51.2 Å². The normalized spacial score (nSPS) is 26.1. The molecule has 2 aliphatic heterocycles. The number of aryl methyl sites for hydroxylation is 1. The van der Waals surface area contributed by atoms with Crippen molar-refractivity contribution in [1.29, 1.82) is 0 Å². The van der Waals surface area contributed by atoms with E-state index in [1.807, 2.05) is 6.92 Å². The molecule has 0 saturated carbocycles. The number of rotatable bonds is 4. The number of nitrogens with one attached hydrogen (secondary N) is 1. The van der Waals surface area contributed by atoms with Crippen LogP contribution in [0.3, 0.4) is 0 Å². The predicted octanol–water partition coefficient (Wildman–Crippen LogP) is 1.60. The van der Waals surface area contributed by atoms with Gasteiger partial charge in [0.25, 0.3) is 0 Å². The summed E-state index contributed by atoms with van der Waals surface area (Å²) in [6.45, 7) is 6.39. The number of aromatic nitrogens is 2. The van der Waals surface area contributed by atoms with Crippen LogP contribution in [0.2, 0.25) is 0 Å². The standard InChI is InChI=1S/C14H24N4O/c1-2-13-16-17-14(19-13)10-18-8-5-11(6-9-18)12-4-3-7-15-12/h11-12,15H,2-10H2,1H3. The van der Waals surface area contributed by atoms with Gasteiger partial charge in [-0.25, -0.2) is 0 Å². The van der Waals surface area contributed by atoms with Gasteiger partial charge < -0.3 is 9.73 Å². The summed E-state index contributed by atoms with van der Waals surface area (Å²) in [4.78, 5) is 2.44. The highest BCUT2D eigenvalue weighted by Gasteiger charge is 2.28. The van der Waals surface area contributed by atoms with Gasteiger partial charge in [0.1, 0.15) is 0 Å². The minimum atomic E-state index is 0.750. The molecule has 0 radical (unpaired) electrons. The van der Waals surface area contributed by atoms with Gasteiger partial charge >= 0.3 is 0 Å². The van der Waals surface area contributed by atoms with Crippen LogP contribution in [0.25, 0.3) is 0 Å². The first-order chi connectivity index (χ1) is 9.35. The highest BCUT2D eigenvalue weighted by molar-refractivity contribution is 4.87. The van der Waals surface area contributed by atoms with Crippen LogP contribution in [0.15, 0.2) is 4.42 Å². The maximum atomic E-state index is 5.59. The van der Waals surface area contributed by atoms with Crippen LogP contribution in [-0.4, -0.2) is 40.8 Å². The van der Waals surface area contributed by atoms with E-state index in [0.717, 1.165) is 49.8 Å². The molecule has 106 valence electrons. The Kier molecular flexibility index (Phi) is 4.13. The summed E-state index contributed by atoms with van der Waals surface area (Å²) in [7, 11) is 0. The minimum Gasteiger partial charge on any atom is -0.424 e. The molecule has 2 aliphatic rings. The molecule has 3 heterocycles. The fraction of sp³-hybridized carbons (Fsp3) is 0.857. The summed E-state index contributed by atoms with van der Waals surface area (Å²) in [5.41, 5.74) is 0. The van der Waals surface area contributed by atoms with Crippen molar-refractivity contribution in [3.05, 3.63) is 11.8 Å². The molecule has 0 aliphatic carbocycles. The molecule has 2 saturated heterocycles. The Bertz CT molecular complexity index is 392.